The van der Waals surface area contributed by atoms with Gasteiger partial charge in [-0.1, -0.05) is 49.0 Å². The van der Waals surface area contributed by atoms with Crippen LogP contribution in [0, 0.1) is 0 Å². The van der Waals surface area contributed by atoms with Gasteiger partial charge in [0.1, 0.15) is 0 Å². The Morgan fingerprint density at radius 1 is 1.23 bits per heavy atom. The first-order valence-electron chi connectivity index (χ1n) is 7.63. The van der Waals surface area contributed by atoms with E-state index in [9.17, 15) is 0 Å². The molecule has 1 heterocycles. The SMILES string of the molecule is CC[C@H](c1nnc(SCCN)n1Cc1ccccc1)N(C)C. The second-order valence-corrected chi connectivity index (χ2v) is 6.50. The van der Waals surface area contributed by atoms with Gasteiger partial charge in [-0.05, 0) is 26.1 Å². The highest BCUT2D eigenvalue weighted by atomic mass is 32.2. The van der Waals surface area contributed by atoms with Crippen molar-refractivity contribution in [2.24, 2.45) is 5.73 Å². The number of rotatable bonds is 8. The summed E-state index contributed by atoms with van der Waals surface area (Å²) in [6, 6.07) is 10.7. The van der Waals surface area contributed by atoms with E-state index in [0.717, 1.165) is 29.7 Å². The summed E-state index contributed by atoms with van der Waals surface area (Å²) >= 11 is 1.67. The lowest BCUT2D eigenvalue weighted by molar-refractivity contribution is 0.272. The van der Waals surface area contributed by atoms with Gasteiger partial charge in [0.05, 0.1) is 12.6 Å². The third kappa shape index (κ3) is 4.09. The second kappa shape index (κ2) is 8.31. The molecule has 0 saturated heterocycles. The number of hydrogen-bond donors (Lipinski definition) is 1. The highest BCUT2D eigenvalue weighted by Gasteiger charge is 2.21. The van der Waals surface area contributed by atoms with Crippen molar-refractivity contribution < 1.29 is 0 Å². The minimum atomic E-state index is 0.267. The molecular formula is C16H25N5S. The van der Waals surface area contributed by atoms with Crippen molar-refractivity contribution >= 4 is 11.8 Å². The van der Waals surface area contributed by atoms with Crippen LogP contribution < -0.4 is 5.73 Å². The first-order chi connectivity index (χ1) is 10.7. The third-order valence-electron chi connectivity index (χ3n) is 3.59. The summed E-state index contributed by atoms with van der Waals surface area (Å²) in [6.07, 6.45) is 1.00. The molecule has 6 heteroatoms. The Bertz CT molecular complexity index is 567. The fourth-order valence-corrected chi connectivity index (χ4v) is 3.21. The zero-order valence-electron chi connectivity index (χ0n) is 13.6. The van der Waals surface area contributed by atoms with Gasteiger partial charge in [0, 0.05) is 12.3 Å². The maximum atomic E-state index is 5.63. The molecular weight excluding hydrogens is 294 g/mol. The van der Waals surface area contributed by atoms with E-state index in [0.29, 0.717) is 6.54 Å². The van der Waals surface area contributed by atoms with E-state index in [1.807, 2.05) is 6.07 Å². The Morgan fingerprint density at radius 2 is 1.95 bits per heavy atom. The predicted molar refractivity (Wildman–Crippen MR) is 92.1 cm³/mol. The zero-order chi connectivity index (χ0) is 15.9. The summed E-state index contributed by atoms with van der Waals surface area (Å²) in [6.45, 7) is 3.61. The van der Waals surface area contributed by atoms with Crippen LogP contribution in [0.3, 0.4) is 0 Å². The van der Waals surface area contributed by atoms with Crippen LogP contribution >= 0.6 is 11.8 Å². The van der Waals surface area contributed by atoms with E-state index < -0.39 is 0 Å². The van der Waals surface area contributed by atoms with E-state index in [-0.39, 0.29) is 6.04 Å². The summed E-state index contributed by atoms with van der Waals surface area (Å²) < 4.78 is 2.23. The molecule has 2 N–H and O–H groups in total. The summed E-state index contributed by atoms with van der Waals surface area (Å²) in [5.74, 6) is 1.88. The fraction of sp³-hybridized carbons (Fsp3) is 0.500. The molecule has 1 aromatic carbocycles. The lowest BCUT2D eigenvalue weighted by Gasteiger charge is -2.23. The number of hydrogen-bond acceptors (Lipinski definition) is 5. The van der Waals surface area contributed by atoms with Gasteiger partial charge in [-0.15, -0.1) is 10.2 Å². The van der Waals surface area contributed by atoms with E-state index in [1.165, 1.54) is 5.56 Å². The van der Waals surface area contributed by atoms with Crippen LogP contribution in [-0.2, 0) is 6.54 Å². The van der Waals surface area contributed by atoms with Crippen LogP contribution in [0.4, 0.5) is 0 Å². The molecule has 5 nitrogen and oxygen atoms in total. The van der Waals surface area contributed by atoms with Gasteiger partial charge in [-0.2, -0.15) is 0 Å². The Balaban J connectivity index is 2.34. The maximum Gasteiger partial charge on any atom is 0.191 e. The number of nitrogens with two attached hydrogens (primary N) is 1. The minimum absolute atomic E-state index is 0.267. The molecule has 0 bridgehead atoms. The normalized spacial score (nSPS) is 12.8. The standard InChI is InChI=1S/C16H25N5S/c1-4-14(20(2)3)15-18-19-16(22-11-10-17)21(15)12-13-8-6-5-7-9-13/h5-9,14H,4,10-12,17H2,1-3H3/t14-/m1/s1. The second-order valence-electron chi connectivity index (χ2n) is 5.44. The van der Waals surface area contributed by atoms with Gasteiger partial charge in [0.25, 0.3) is 0 Å². The molecule has 22 heavy (non-hydrogen) atoms. The van der Waals surface area contributed by atoms with Gasteiger partial charge in [-0.25, -0.2) is 0 Å². The molecule has 120 valence electrons. The molecule has 1 aromatic heterocycles. The fourth-order valence-electron chi connectivity index (χ4n) is 2.50. The molecule has 0 radical (unpaired) electrons. The number of benzene rings is 1. The van der Waals surface area contributed by atoms with Gasteiger partial charge < -0.3 is 10.3 Å². The average Bonchev–Trinajstić information content (AvgIpc) is 2.89. The monoisotopic (exact) mass is 319 g/mol. The van der Waals surface area contributed by atoms with Crippen LogP contribution in [-0.4, -0.2) is 46.1 Å². The van der Waals surface area contributed by atoms with Crippen molar-refractivity contribution in [3.8, 4) is 0 Å². The maximum absolute atomic E-state index is 5.63. The zero-order valence-corrected chi connectivity index (χ0v) is 14.4. The van der Waals surface area contributed by atoms with Crippen LogP contribution in [0.15, 0.2) is 35.5 Å². The molecule has 2 rings (SSSR count). The van der Waals surface area contributed by atoms with E-state index in [2.05, 4.69) is 64.9 Å². The van der Waals surface area contributed by atoms with Crippen molar-refractivity contribution in [1.82, 2.24) is 19.7 Å². The van der Waals surface area contributed by atoms with Crippen LogP contribution in [0.5, 0.6) is 0 Å². The predicted octanol–water partition coefficient (Wildman–Crippen LogP) is 2.39. The Morgan fingerprint density at radius 3 is 2.55 bits per heavy atom. The first-order valence-corrected chi connectivity index (χ1v) is 8.62. The van der Waals surface area contributed by atoms with Gasteiger partial charge in [0.2, 0.25) is 0 Å². The lowest BCUT2D eigenvalue weighted by Crippen LogP contribution is -2.23. The summed E-state index contributed by atoms with van der Waals surface area (Å²) in [7, 11) is 4.17. The Hall–Kier alpha value is -1.37. The molecule has 0 unspecified atom stereocenters. The quantitative estimate of drug-likeness (QED) is 0.757. The van der Waals surface area contributed by atoms with Gasteiger partial charge in [0.15, 0.2) is 11.0 Å². The molecule has 0 aliphatic rings. The van der Waals surface area contributed by atoms with E-state index in [4.69, 9.17) is 5.73 Å². The van der Waals surface area contributed by atoms with Crippen molar-refractivity contribution in [2.75, 3.05) is 26.4 Å². The molecule has 0 fully saturated rings. The summed E-state index contributed by atoms with van der Waals surface area (Å²) in [5, 5.41) is 9.81. The largest absolute Gasteiger partial charge is 0.330 e. The minimum Gasteiger partial charge on any atom is -0.330 e. The van der Waals surface area contributed by atoms with Gasteiger partial charge >= 0.3 is 0 Å². The first kappa shape index (κ1) is 17.0. The van der Waals surface area contributed by atoms with Crippen molar-refractivity contribution in [1.29, 1.82) is 0 Å². The molecule has 0 aliphatic carbocycles. The van der Waals surface area contributed by atoms with E-state index in [1.54, 1.807) is 11.8 Å². The number of nitrogens with zero attached hydrogens (tertiary/aromatic N) is 4. The molecule has 1 atom stereocenters. The van der Waals surface area contributed by atoms with Crippen LogP contribution in [0.2, 0.25) is 0 Å². The summed E-state index contributed by atoms with van der Waals surface area (Å²) in [4.78, 5) is 2.20. The van der Waals surface area contributed by atoms with Crippen LogP contribution in [0.25, 0.3) is 0 Å². The Labute approximate surface area is 136 Å². The molecule has 0 aliphatic heterocycles. The highest BCUT2D eigenvalue weighted by molar-refractivity contribution is 7.99. The topological polar surface area (TPSA) is 60.0 Å². The van der Waals surface area contributed by atoms with Crippen molar-refractivity contribution in [3.63, 3.8) is 0 Å². The Kier molecular flexibility index (Phi) is 6.42. The molecule has 2 aromatic rings. The highest BCUT2D eigenvalue weighted by Crippen LogP contribution is 2.25. The van der Waals surface area contributed by atoms with Crippen molar-refractivity contribution in [2.45, 2.75) is 31.1 Å². The smallest absolute Gasteiger partial charge is 0.191 e. The van der Waals surface area contributed by atoms with E-state index >= 15 is 0 Å². The molecule has 0 spiro atoms. The molecule has 0 saturated carbocycles. The summed E-state index contributed by atoms with van der Waals surface area (Å²) in [5.41, 5.74) is 6.89. The average molecular weight is 319 g/mol. The third-order valence-corrected chi connectivity index (χ3v) is 4.59. The molecule has 0 amide bonds. The van der Waals surface area contributed by atoms with Crippen LogP contribution in [0.1, 0.15) is 30.8 Å². The van der Waals surface area contributed by atoms with Crippen molar-refractivity contribution in [3.05, 3.63) is 41.7 Å². The van der Waals surface area contributed by atoms with Gasteiger partial charge in [-0.3, -0.25) is 4.90 Å². The number of aromatic nitrogens is 3. The number of thioether (sulfide) groups is 1. The lowest BCUT2D eigenvalue weighted by atomic mass is 10.2.